The molecule has 0 amide bonds. The van der Waals surface area contributed by atoms with Gasteiger partial charge in [-0.3, -0.25) is 0 Å². The van der Waals surface area contributed by atoms with Gasteiger partial charge >= 0.3 is 0 Å². The normalized spacial score (nSPS) is 17.1. The topological polar surface area (TPSA) is 18.5 Å². The van der Waals surface area contributed by atoms with E-state index in [1.165, 1.54) is 5.56 Å². The number of allylic oxidation sites excluding steroid dienone is 1. The highest BCUT2D eigenvalue weighted by atomic mass is 35.5. The fourth-order valence-electron chi connectivity index (χ4n) is 2.19. The number of hydrogen-bond donors (Lipinski definition) is 0. The molecule has 0 fully saturated rings. The molecule has 3 heteroatoms. The van der Waals surface area contributed by atoms with Crippen LogP contribution in [0.2, 0.25) is 0 Å². The molecule has 0 heterocycles. The quantitative estimate of drug-likeness (QED) is 0.784. The maximum absolute atomic E-state index is 5.86. The Balaban J connectivity index is 2.59. The second-order valence-electron chi connectivity index (χ2n) is 3.85. The molecule has 1 aromatic carbocycles. The van der Waals surface area contributed by atoms with Crippen LogP contribution in [0.4, 0.5) is 0 Å². The van der Waals surface area contributed by atoms with E-state index < -0.39 is 0 Å². The Morgan fingerprint density at radius 2 is 2.00 bits per heavy atom. The van der Waals surface area contributed by atoms with E-state index >= 15 is 0 Å². The van der Waals surface area contributed by atoms with Crippen LogP contribution in [0.1, 0.15) is 24.0 Å². The zero-order chi connectivity index (χ0) is 11.5. The SMILES string of the molecule is COc1cc2c(c(OC)c1)/C(=C\Cl)CCC2. The van der Waals surface area contributed by atoms with Crippen LogP contribution in [0.25, 0.3) is 5.57 Å². The molecule has 0 saturated heterocycles. The predicted molar refractivity (Wildman–Crippen MR) is 66.3 cm³/mol. The van der Waals surface area contributed by atoms with E-state index in [0.29, 0.717) is 0 Å². The summed E-state index contributed by atoms with van der Waals surface area (Å²) in [7, 11) is 3.35. The fraction of sp³-hybridized carbons (Fsp3) is 0.385. The molecule has 16 heavy (non-hydrogen) atoms. The summed E-state index contributed by atoms with van der Waals surface area (Å²) in [6.07, 6.45) is 3.19. The summed E-state index contributed by atoms with van der Waals surface area (Å²) in [5.41, 5.74) is 5.22. The van der Waals surface area contributed by atoms with E-state index in [1.54, 1.807) is 19.8 Å². The highest BCUT2D eigenvalue weighted by Crippen LogP contribution is 2.40. The maximum Gasteiger partial charge on any atom is 0.130 e. The van der Waals surface area contributed by atoms with E-state index in [2.05, 4.69) is 6.07 Å². The third-order valence-electron chi connectivity index (χ3n) is 2.96. The van der Waals surface area contributed by atoms with Crippen molar-refractivity contribution in [2.45, 2.75) is 19.3 Å². The summed E-state index contributed by atoms with van der Waals surface area (Å²) in [6, 6.07) is 3.97. The van der Waals surface area contributed by atoms with E-state index in [-0.39, 0.29) is 0 Å². The molecule has 0 saturated carbocycles. The number of hydrogen-bond acceptors (Lipinski definition) is 2. The van der Waals surface area contributed by atoms with Crippen LogP contribution >= 0.6 is 11.6 Å². The molecule has 1 aliphatic carbocycles. The van der Waals surface area contributed by atoms with Crippen molar-refractivity contribution in [3.05, 3.63) is 28.8 Å². The summed E-state index contributed by atoms with van der Waals surface area (Å²) in [6.45, 7) is 0. The molecule has 86 valence electrons. The van der Waals surface area contributed by atoms with Crippen LogP contribution in [-0.2, 0) is 6.42 Å². The van der Waals surface area contributed by atoms with Crippen molar-refractivity contribution in [1.82, 2.24) is 0 Å². The van der Waals surface area contributed by atoms with Crippen LogP contribution in [0.3, 0.4) is 0 Å². The highest BCUT2D eigenvalue weighted by Gasteiger charge is 2.19. The second kappa shape index (κ2) is 4.79. The van der Waals surface area contributed by atoms with Gasteiger partial charge in [-0.1, -0.05) is 11.6 Å². The van der Waals surface area contributed by atoms with Gasteiger partial charge in [-0.05, 0) is 36.5 Å². The molecule has 0 unspecified atom stereocenters. The van der Waals surface area contributed by atoms with Crippen molar-refractivity contribution >= 4 is 17.2 Å². The van der Waals surface area contributed by atoms with Crippen LogP contribution in [0.5, 0.6) is 11.5 Å². The minimum absolute atomic E-state index is 0.839. The molecule has 0 radical (unpaired) electrons. The molecule has 0 aromatic heterocycles. The molecule has 1 aromatic rings. The van der Waals surface area contributed by atoms with Gasteiger partial charge in [0.2, 0.25) is 0 Å². The first-order valence-electron chi connectivity index (χ1n) is 5.34. The summed E-state index contributed by atoms with van der Waals surface area (Å²) < 4.78 is 10.7. The molecule has 0 aliphatic heterocycles. The number of aryl methyl sites for hydroxylation is 1. The van der Waals surface area contributed by atoms with Crippen molar-refractivity contribution in [2.75, 3.05) is 14.2 Å². The average Bonchev–Trinajstić information content (AvgIpc) is 2.36. The molecular weight excluding hydrogens is 224 g/mol. The number of methoxy groups -OCH3 is 2. The van der Waals surface area contributed by atoms with Crippen LogP contribution in [0, 0.1) is 0 Å². The molecule has 1 aliphatic rings. The Morgan fingerprint density at radius 3 is 2.62 bits per heavy atom. The molecule has 0 spiro atoms. The van der Waals surface area contributed by atoms with Gasteiger partial charge in [0, 0.05) is 17.2 Å². The fourth-order valence-corrected chi connectivity index (χ4v) is 2.41. The third kappa shape index (κ3) is 1.90. The van der Waals surface area contributed by atoms with Gasteiger partial charge < -0.3 is 9.47 Å². The predicted octanol–water partition coefficient (Wildman–Crippen LogP) is 3.62. The van der Waals surface area contributed by atoms with Crippen molar-refractivity contribution < 1.29 is 9.47 Å². The van der Waals surface area contributed by atoms with Gasteiger partial charge in [-0.25, -0.2) is 0 Å². The number of rotatable bonds is 2. The van der Waals surface area contributed by atoms with Crippen LogP contribution in [-0.4, -0.2) is 14.2 Å². The smallest absolute Gasteiger partial charge is 0.130 e. The minimum Gasteiger partial charge on any atom is -0.497 e. The molecule has 2 nitrogen and oxygen atoms in total. The molecule has 0 atom stereocenters. The second-order valence-corrected chi connectivity index (χ2v) is 4.07. The molecular formula is C13H15ClO2. The summed E-state index contributed by atoms with van der Waals surface area (Å²) >= 11 is 5.86. The first-order valence-corrected chi connectivity index (χ1v) is 5.78. The standard InChI is InChI=1S/C13H15ClO2/c1-15-11-6-9-4-3-5-10(8-14)13(9)12(7-11)16-2/h6-8H,3-5H2,1-2H3/b10-8-. The lowest BCUT2D eigenvalue weighted by Gasteiger charge is -2.22. The first-order chi connectivity index (χ1) is 7.80. The summed E-state index contributed by atoms with van der Waals surface area (Å²) in [4.78, 5) is 0. The van der Waals surface area contributed by atoms with Gasteiger partial charge in [0.05, 0.1) is 14.2 Å². The van der Waals surface area contributed by atoms with E-state index in [1.807, 2.05) is 6.07 Å². The Kier molecular flexibility index (Phi) is 3.39. The summed E-state index contributed by atoms with van der Waals surface area (Å²) in [5, 5.41) is 0. The van der Waals surface area contributed by atoms with Gasteiger partial charge in [0.15, 0.2) is 0 Å². The number of benzene rings is 1. The zero-order valence-corrected chi connectivity index (χ0v) is 10.3. The molecule has 2 rings (SSSR count). The summed E-state index contributed by atoms with van der Waals surface area (Å²) in [5.74, 6) is 1.69. The van der Waals surface area contributed by atoms with Crippen LogP contribution in [0.15, 0.2) is 17.7 Å². The Morgan fingerprint density at radius 1 is 1.19 bits per heavy atom. The zero-order valence-electron chi connectivity index (χ0n) is 9.55. The van der Waals surface area contributed by atoms with Gasteiger partial charge in [-0.15, -0.1) is 0 Å². The lowest BCUT2D eigenvalue weighted by atomic mass is 9.87. The van der Waals surface area contributed by atoms with Crippen molar-refractivity contribution in [3.63, 3.8) is 0 Å². The molecule has 0 bridgehead atoms. The lowest BCUT2D eigenvalue weighted by Crippen LogP contribution is -2.04. The van der Waals surface area contributed by atoms with Crippen molar-refractivity contribution in [1.29, 1.82) is 0 Å². The maximum atomic E-state index is 5.86. The van der Waals surface area contributed by atoms with E-state index in [0.717, 1.165) is 41.9 Å². The first kappa shape index (κ1) is 11.3. The number of fused-ring (bicyclic) bond motifs is 1. The number of halogens is 1. The minimum atomic E-state index is 0.839. The monoisotopic (exact) mass is 238 g/mol. The van der Waals surface area contributed by atoms with E-state index in [4.69, 9.17) is 21.1 Å². The third-order valence-corrected chi connectivity index (χ3v) is 3.22. The lowest BCUT2D eigenvalue weighted by molar-refractivity contribution is 0.391. The van der Waals surface area contributed by atoms with Crippen LogP contribution < -0.4 is 9.47 Å². The van der Waals surface area contributed by atoms with Crippen molar-refractivity contribution in [2.24, 2.45) is 0 Å². The Hall–Kier alpha value is -1.15. The van der Waals surface area contributed by atoms with Gasteiger partial charge in [-0.2, -0.15) is 0 Å². The average molecular weight is 239 g/mol. The highest BCUT2D eigenvalue weighted by molar-refractivity contribution is 6.28. The number of ether oxygens (including phenoxy) is 2. The van der Waals surface area contributed by atoms with Gasteiger partial charge in [0.25, 0.3) is 0 Å². The van der Waals surface area contributed by atoms with E-state index in [9.17, 15) is 0 Å². The Labute approximate surface area is 101 Å². The Bertz CT molecular complexity index is 407. The largest absolute Gasteiger partial charge is 0.497 e. The molecule has 0 N–H and O–H groups in total. The van der Waals surface area contributed by atoms with Crippen molar-refractivity contribution in [3.8, 4) is 11.5 Å². The van der Waals surface area contributed by atoms with Gasteiger partial charge in [0.1, 0.15) is 11.5 Å².